The normalized spacial score (nSPS) is 13.5. The van der Waals surface area contributed by atoms with Crippen molar-refractivity contribution in [3.8, 4) is 0 Å². The Labute approximate surface area is 236 Å². The quantitative estimate of drug-likeness (QED) is 0.280. The summed E-state index contributed by atoms with van der Waals surface area (Å²) in [5.41, 5.74) is 4.40. The molecule has 0 aliphatic carbocycles. The average molecular weight is 546 g/mol. The van der Waals surface area contributed by atoms with Crippen molar-refractivity contribution < 1.29 is 24.0 Å². The zero-order chi connectivity index (χ0) is 29.0. The minimum Gasteiger partial charge on any atom is -0.376 e. The highest BCUT2D eigenvalue weighted by atomic mass is 16.7. The largest absolute Gasteiger partial charge is 0.376 e. The third-order valence-electron chi connectivity index (χ3n) is 6.50. The molecule has 0 unspecified atom stereocenters. The van der Waals surface area contributed by atoms with Crippen LogP contribution in [0.3, 0.4) is 0 Å². The summed E-state index contributed by atoms with van der Waals surface area (Å²) in [7, 11) is 1.53. The molecule has 212 valence electrons. The fourth-order valence-corrected chi connectivity index (χ4v) is 4.32. The van der Waals surface area contributed by atoms with Crippen LogP contribution < -0.4 is 16.1 Å². The molecular formula is C32H39N3O5. The SMILES string of the molecule is CNC(=O)[C@@H](NC(=O)[C@H](c1ccccc1)[C@H](COCc1ccccc1)C(=O)NOCc1ccccc1)C(C)(C)C. The van der Waals surface area contributed by atoms with E-state index in [4.69, 9.17) is 9.57 Å². The van der Waals surface area contributed by atoms with Gasteiger partial charge in [-0.25, -0.2) is 5.48 Å². The van der Waals surface area contributed by atoms with Crippen molar-refractivity contribution in [3.63, 3.8) is 0 Å². The van der Waals surface area contributed by atoms with Gasteiger partial charge in [-0.2, -0.15) is 0 Å². The summed E-state index contributed by atoms with van der Waals surface area (Å²) in [4.78, 5) is 45.8. The Balaban J connectivity index is 1.88. The molecule has 3 N–H and O–H groups in total. The second-order valence-corrected chi connectivity index (χ2v) is 10.7. The summed E-state index contributed by atoms with van der Waals surface area (Å²) in [5, 5.41) is 5.53. The van der Waals surface area contributed by atoms with Crippen LogP contribution in [0.1, 0.15) is 43.4 Å². The van der Waals surface area contributed by atoms with Crippen LogP contribution in [0.15, 0.2) is 91.0 Å². The summed E-state index contributed by atoms with van der Waals surface area (Å²) in [5.74, 6) is -3.18. The lowest BCUT2D eigenvalue weighted by molar-refractivity contribution is -0.145. The lowest BCUT2D eigenvalue weighted by Gasteiger charge is -2.33. The number of hydrogen-bond acceptors (Lipinski definition) is 5. The fourth-order valence-electron chi connectivity index (χ4n) is 4.32. The van der Waals surface area contributed by atoms with E-state index in [0.29, 0.717) is 5.56 Å². The van der Waals surface area contributed by atoms with E-state index >= 15 is 0 Å². The molecule has 0 aliphatic rings. The number of carbonyl (C=O) groups excluding carboxylic acids is 3. The first kappa shape index (κ1) is 30.5. The molecule has 3 aromatic carbocycles. The summed E-state index contributed by atoms with van der Waals surface area (Å²) >= 11 is 0. The lowest BCUT2D eigenvalue weighted by Crippen LogP contribution is -2.55. The van der Waals surface area contributed by atoms with Crippen LogP contribution in [-0.4, -0.2) is 37.4 Å². The molecule has 0 fully saturated rings. The van der Waals surface area contributed by atoms with E-state index in [1.807, 2.05) is 87.5 Å². The maximum Gasteiger partial charge on any atom is 0.250 e. The standard InChI is InChI=1S/C32H39N3O5/c1-32(2,3)28(31(38)33-4)34-30(37)27(25-18-12-7-13-19-25)26(22-39-20-23-14-8-5-9-15-23)29(36)35-40-21-24-16-10-6-11-17-24/h5-19,26-28H,20-22H2,1-4H3,(H,33,38)(H,34,37)(H,35,36)/t26-,27+,28+/m0/s1. The van der Waals surface area contributed by atoms with Crippen LogP contribution in [-0.2, 0) is 37.2 Å². The molecule has 8 heteroatoms. The Morgan fingerprint density at radius 3 is 1.77 bits per heavy atom. The number of benzene rings is 3. The van der Waals surface area contributed by atoms with Gasteiger partial charge in [-0.15, -0.1) is 0 Å². The van der Waals surface area contributed by atoms with Crippen molar-refractivity contribution in [3.05, 3.63) is 108 Å². The number of ether oxygens (including phenoxy) is 1. The molecule has 0 radical (unpaired) electrons. The van der Waals surface area contributed by atoms with Gasteiger partial charge in [-0.1, -0.05) is 112 Å². The van der Waals surface area contributed by atoms with E-state index in [2.05, 4.69) is 16.1 Å². The zero-order valence-electron chi connectivity index (χ0n) is 23.6. The summed E-state index contributed by atoms with van der Waals surface area (Å²) in [6.07, 6.45) is 0. The van der Waals surface area contributed by atoms with Gasteiger partial charge < -0.3 is 15.4 Å². The van der Waals surface area contributed by atoms with Crippen LogP contribution >= 0.6 is 0 Å². The number of rotatable bonds is 13. The van der Waals surface area contributed by atoms with E-state index in [-0.39, 0.29) is 25.7 Å². The molecular weight excluding hydrogens is 506 g/mol. The van der Waals surface area contributed by atoms with Crippen LogP contribution in [0.25, 0.3) is 0 Å². The Hall–Kier alpha value is -4.01. The van der Waals surface area contributed by atoms with Gasteiger partial charge in [-0.3, -0.25) is 19.2 Å². The topological polar surface area (TPSA) is 106 Å². The minimum atomic E-state index is -0.952. The maximum absolute atomic E-state index is 13.9. The highest BCUT2D eigenvalue weighted by molar-refractivity contribution is 5.94. The van der Waals surface area contributed by atoms with E-state index in [1.54, 1.807) is 24.3 Å². The smallest absolute Gasteiger partial charge is 0.250 e. The lowest BCUT2D eigenvalue weighted by atomic mass is 9.82. The first-order chi connectivity index (χ1) is 19.2. The first-order valence-electron chi connectivity index (χ1n) is 13.3. The van der Waals surface area contributed by atoms with Crippen molar-refractivity contribution in [2.75, 3.05) is 13.7 Å². The molecule has 0 saturated heterocycles. The van der Waals surface area contributed by atoms with Gasteiger partial charge in [0.15, 0.2) is 0 Å². The monoisotopic (exact) mass is 545 g/mol. The van der Waals surface area contributed by atoms with Crippen molar-refractivity contribution in [2.24, 2.45) is 11.3 Å². The zero-order valence-corrected chi connectivity index (χ0v) is 23.6. The van der Waals surface area contributed by atoms with Crippen LogP contribution in [0.5, 0.6) is 0 Å². The molecule has 3 rings (SSSR count). The predicted octanol–water partition coefficient (Wildman–Crippen LogP) is 4.13. The second kappa shape index (κ2) is 15.0. The van der Waals surface area contributed by atoms with Gasteiger partial charge in [-0.05, 0) is 22.1 Å². The third-order valence-corrected chi connectivity index (χ3v) is 6.50. The van der Waals surface area contributed by atoms with Gasteiger partial charge in [0, 0.05) is 7.05 Å². The predicted molar refractivity (Wildman–Crippen MR) is 154 cm³/mol. The first-order valence-corrected chi connectivity index (χ1v) is 13.3. The number of carbonyl (C=O) groups is 3. The van der Waals surface area contributed by atoms with Crippen molar-refractivity contribution in [2.45, 2.75) is 45.9 Å². The number of nitrogens with one attached hydrogen (secondary N) is 3. The van der Waals surface area contributed by atoms with Crippen LogP contribution in [0, 0.1) is 11.3 Å². The molecule has 3 amide bonds. The van der Waals surface area contributed by atoms with Gasteiger partial charge in [0.2, 0.25) is 17.7 Å². The second-order valence-electron chi connectivity index (χ2n) is 10.7. The van der Waals surface area contributed by atoms with Gasteiger partial charge >= 0.3 is 0 Å². The molecule has 0 saturated carbocycles. The summed E-state index contributed by atoms with van der Waals surface area (Å²) < 4.78 is 5.99. The highest BCUT2D eigenvalue weighted by Crippen LogP contribution is 2.28. The molecule has 0 aliphatic heterocycles. The molecule has 8 nitrogen and oxygen atoms in total. The molecule has 0 aromatic heterocycles. The maximum atomic E-state index is 13.9. The molecule has 3 aromatic rings. The van der Waals surface area contributed by atoms with Crippen LogP contribution in [0.4, 0.5) is 0 Å². The average Bonchev–Trinajstić information content (AvgIpc) is 2.96. The number of amides is 3. The fraction of sp³-hybridized carbons (Fsp3) is 0.344. The van der Waals surface area contributed by atoms with Crippen molar-refractivity contribution >= 4 is 17.7 Å². The number of likely N-dealkylation sites (N-methyl/N-ethyl adjacent to an activating group) is 1. The van der Waals surface area contributed by atoms with Crippen molar-refractivity contribution in [1.82, 2.24) is 16.1 Å². The number of hydrogen-bond donors (Lipinski definition) is 3. The van der Waals surface area contributed by atoms with Crippen molar-refractivity contribution in [1.29, 1.82) is 0 Å². The number of hydroxylamine groups is 1. The summed E-state index contributed by atoms with van der Waals surface area (Å²) in [6, 6.07) is 27.2. The summed E-state index contributed by atoms with van der Waals surface area (Å²) in [6.45, 7) is 5.99. The molecule has 0 spiro atoms. The van der Waals surface area contributed by atoms with E-state index in [1.165, 1.54) is 7.05 Å². The third kappa shape index (κ3) is 9.03. The Bertz CT molecular complexity index is 1210. The van der Waals surface area contributed by atoms with Crippen LogP contribution in [0.2, 0.25) is 0 Å². The van der Waals surface area contributed by atoms with E-state index < -0.39 is 35.1 Å². The molecule has 0 bridgehead atoms. The highest BCUT2D eigenvalue weighted by Gasteiger charge is 2.39. The molecule has 3 atom stereocenters. The van der Waals surface area contributed by atoms with Gasteiger partial charge in [0.05, 0.1) is 31.7 Å². The van der Waals surface area contributed by atoms with E-state index in [9.17, 15) is 14.4 Å². The Morgan fingerprint density at radius 2 is 1.25 bits per heavy atom. The molecule has 40 heavy (non-hydrogen) atoms. The Morgan fingerprint density at radius 1 is 0.725 bits per heavy atom. The van der Waals surface area contributed by atoms with Gasteiger partial charge in [0.1, 0.15) is 6.04 Å². The van der Waals surface area contributed by atoms with Gasteiger partial charge in [0.25, 0.3) is 0 Å². The minimum absolute atomic E-state index is 0.0530. The Kier molecular flexibility index (Phi) is 11.4. The van der Waals surface area contributed by atoms with E-state index in [0.717, 1.165) is 11.1 Å². The molecule has 0 heterocycles.